The van der Waals surface area contributed by atoms with Gasteiger partial charge in [0.25, 0.3) is 0 Å². The molecule has 1 aliphatic rings. The van der Waals surface area contributed by atoms with Gasteiger partial charge in [-0.15, -0.1) is 11.3 Å². The lowest BCUT2D eigenvalue weighted by Gasteiger charge is -2.23. The van der Waals surface area contributed by atoms with Gasteiger partial charge in [0.05, 0.1) is 0 Å². The number of thiophene rings is 1. The molecule has 0 bridgehead atoms. The first-order valence-electron chi connectivity index (χ1n) is 8.01. The fraction of sp³-hybridized carbons (Fsp3) is 0.278. The van der Waals surface area contributed by atoms with Crippen molar-refractivity contribution in [3.8, 4) is 0 Å². The fourth-order valence-electron chi connectivity index (χ4n) is 2.97. The van der Waals surface area contributed by atoms with Crippen LogP contribution in [0.15, 0.2) is 53.1 Å². The highest BCUT2D eigenvalue weighted by molar-refractivity contribution is 8.00. The number of carbonyl (C=O) groups excluding carboxylic acids is 1. The van der Waals surface area contributed by atoms with E-state index < -0.39 is 0 Å². The second-order valence-corrected chi connectivity index (χ2v) is 7.75. The van der Waals surface area contributed by atoms with Gasteiger partial charge in [0.2, 0.25) is 5.91 Å². The summed E-state index contributed by atoms with van der Waals surface area (Å²) in [5.74, 6) is 0.186. The Morgan fingerprint density at radius 1 is 1.12 bits per heavy atom. The van der Waals surface area contributed by atoms with Gasteiger partial charge in [0.1, 0.15) is 21.4 Å². The molecule has 2 aromatic heterocycles. The van der Waals surface area contributed by atoms with Crippen molar-refractivity contribution in [3.63, 3.8) is 0 Å². The van der Waals surface area contributed by atoms with Crippen LogP contribution in [-0.4, -0.2) is 33.9 Å². The molecule has 0 saturated carbocycles. The van der Waals surface area contributed by atoms with Crippen molar-refractivity contribution in [2.45, 2.75) is 23.1 Å². The Bertz CT molecular complexity index is 844. The zero-order valence-electron chi connectivity index (χ0n) is 13.1. The van der Waals surface area contributed by atoms with E-state index in [1.807, 2.05) is 46.7 Å². The van der Waals surface area contributed by atoms with Crippen molar-refractivity contribution in [1.29, 1.82) is 0 Å². The summed E-state index contributed by atoms with van der Waals surface area (Å²) in [5, 5.41) is 3.66. The highest BCUT2D eigenvalue weighted by atomic mass is 32.2. The molecule has 4 nitrogen and oxygen atoms in total. The third kappa shape index (κ3) is 3.03. The topological polar surface area (TPSA) is 46.1 Å². The zero-order valence-corrected chi connectivity index (χ0v) is 14.7. The Kier molecular flexibility index (Phi) is 4.49. The number of thioether (sulfide) groups is 1. The van der Waals surface area contributed by atoms with E-state index in [4.69, 9.17) is 0 Å². The van der Waals surface area contributed by atoms with E-state index in [9.17, 15) is 4.79 Å². The lowest BCUT2D eigenvalue weighted by Crippen LogP contribution is -2.31. The van der Waals surface area contributed by atoms with Gasteiger partial charge in [-0.1, -0.05) is 42.1 Å². The minimum absolute atomic E-state index is 0.186. The van der Waals surface area contributed by atoms with Gasteiger partial charge in [0.15, 0.2) is 0 Å². The lowest BCUT2D eigenvalue weighted by atomic mass is 10.1. The van der Waals surface area contributed by atoms with Gasteiger partial charge < -0.3 is 4.90 Å². The number of hydrogen-bond acceptors (Lipinski definition) is 5. The van der Waals surface area contributed by atoms with Crippen molar-refractivity contribution < 1.29 is 4.79 Å². The fourth-order valence-corrected chi connectivity index (χ4v) is 4.93. The molecule has 3 heterocycles. The summed E-state index contributed by atoms with van der Waals surface area (Å²) in [7, 11) is 0. The molecule has 3 aromatic rings. The van der Waals surface area contributed by atoms with E-state index in [0.29, 0.717) is 0 Å². The van der Waals surface area contributed by atoms with Gasteiger partial charge >= 0.3 is 0 Å². The van der Waals surface area contributed by atoms with Crippen molar-refractivity contribution in [2.24, 2.45) is 0 Å². The summed E-state index contributed by atoms with van der Waals surface area (Å²) >= 11 is 3.13. The molecule has 0 aliphatic carbocycles. The van der Waals surface area contributed by atoms with Crippen LogP contribution in [-0.2, 0) is 4.79 Å². The molecule has 6 heteroatoms. The maximum absolute atomic E-state index is 13.1. The van der Waals surface area contributed by atoms with Crippen LogP contribution in [0.3, 0.4) is 0 Å². The third-order valence-electron chi connectivity index (χ3n) is 4.20. The summed E-state index contributed by atoms with van der Waals surface area (Å²) < 4.78 is 0. The monoisotopic (exact) mass is 355 g/mol. The van der Waals surface area contributed by atoms with E-state index in [0.717, 1.165) is 46.7 Å². The van der Waals surface area contributed by atoms with Crippen molar-refractivity contribution in [3.05, 3.63) is 53.7 Å². The first kappa shape index (κ1) is 15.6. The summed E-state index contributed by atoms with van der Waals surface area (Å²) in [4.78, 5) is 24.8. The average Bonchev–Trinajstić information content (AvgIpc) is 3.31. The van der Waals surface area contributed by atoms with Crippen LogP contribution in [0.2, 0.25) is 0 Å². The molecule has 4 rings (SSSR count). The summed E-state index contributed by atoms with van der Waals surface area (Å²) in [6.07, 6.45) is 3.78. The van der Waals surface area contributed by atoms with Crippen molar-refractivity contribution in [2.75, 3.05) is 13.1 Å². The molecule has 1 amide bonds. The Morgan fingerprint density at radius 2 is 1.92 bits per heavy atom. The summed E-state index contributed by atoms with van der Waals surface area (Å²) in [5.41, 5.74) is 1.03. The Morgan fingerprint density at radius 3 is 2.71 bits per heavy atom. The molecule has 24 heavy (non-hydrogen) atoms. The lowest BCUT2D eigenvalue weighted by molar-refractivity contribution is -0.129. The molecule has 0 N–H and O–H groups in total. The molecule has 1 aliphatic heterocycles. The molecular weight excluding hydrogens is 338 g/mol. The number of fused-ring (bicyclic) bond motifs is 1. The van der Waals surface area contributed by atoms with E-state index in [-0.39, 0.29) is 11.2 Å². The Balaban J connectivity index is 1.70. The van der Waals surface area contributed by atoms with E-state index in [2.05, 4.69) is 9.97 Å². The first-order valence-corrected chi connectivity index (χ1v) is 9.77. The quantitative estimate of drug-likeness (QED) is 0.521. The highest BCUT2D eigenvalue weighted by Gasteiger charge is 2.29. The molecule has 0 radical (unpaired) electrons. The Hall–Kier alpha value is -1.92. The summed E-state index contributed by atoms with van der Waals surface area (Å²) in [6.45, 7) is 1.72. The third-order valence-corrected chi connectivity index (χ3v) is 6.28. The predicted octanol–water partition coefficient (Wildman–Crippen LogP) is 4.15. The van der Waals surface area contributed by atoms with Gasteiger partial charge in [-0.25, -0.2) is 9.97 Å². The van der Waals surface area contributed by atoms with Crippen LogP contribution in [0.1, 0.15) is 23.7 Å². The maximum atomic E-state index is 13.1. The van der Waals surface area contributed by atoms with Crippen LogP contribution < -0.4 is 0 Å². The second kappa shape index (κ2) is 6.91. The SMILES string of the molecule is O=C([C@@H](Sc1ncnc2sccc12)c1ccccc1)N1CCCC1. The van der Waals surface area contributed by atoms with Gasteiger partial charge in [-0.2, -0.15) is 0 Å². The number of amides is 1. The van der Waals surface area contributed by atoms with Crippen LogP contribution >= 0.6 is 23.1 Å². The van der Waals surface area contributed by atoms with Crippen LogP contribution in [0.4, 0.5) is 0 Å². The maximum Gasteiger partial charge on any atom is 0.240 e. The number of aromatic nitrogens is 2. The van der Waals surface area contributed by atoms with Gasteiger partial charge in [-0.3, -0.25) is 4.79 Å². The largest absolute Gasteiger partial charge is 0.341 e. The summed E-state index contributed by atoms with van der Waals surface area (Å²) in [6, 6.07) is 12.0. The molecular formula is C18H17N3OS2. The van der Waals surface area contributed by atoms with E-state index >= 15 is 0 Å². The molecule has 1 saturated heterocycles. The van der Waals surface area contributed by atoms with Crippen LogP contribution in [0.5, 0.6) is 0 Å². The molecule has 1 atom stereocenters. The number of carbonyl (C=O) groups is 1. The standard InChI is InChI=1S/C18H17N3OS2/c22-18(21-9-4-5-10-21)15(13-6-2-1-3-7-13)24-17-14-8-11-23-16(14)19-12-20-17/h1-3,6-8,11-12,15H,4-5,9-10H2/t15-/m0/s1. The van der Waals surface area contributed by atoms with Gasteiger partial charge in [-0.05, 0) is 29.9 Å². The molecule has 0 spiro atoms. The number of likely N-dealkylation sites (tertiary alicyclic amines) is 1. The molecule has 1 aromatic carbocycles. The zero-order chi connectivity index (χ0) is 16.4. The first-order chi connectivity index (χ1) is 11.8. The minimum Gasteiger partial charge on any atom is -0.341 e. The number of rotatable bonds is 4. The smallest absolute Gasteiger partial charge is 0.240 e. The molecule has 1 fully saturated rings. The normalized spacial score (nSPS) is 15.8. The number of benzene rings is 1. The highest BCUT2D eigenvalue weighted by Crippen LogP contribution is 2.39. The number of hydrogen-bond donors (Lipinski definition) is 0. The predicted molar refractivity (Wildman–Crippen MR) is 98.3 cm³/mol. The Labute approximate surface area is 148 Å². The van der Waals surface area contributed by atoms with Crippen LogP contribution in [0.25, 0.3) is 10.2 Å². The van der Waals surface area contributed by atoms with E-state index in [1.54, 1.807) is 17.7 Å². The van der Waals surface area contributed by atoms with E-state index in [1.165, 1.54) is 11.8 Å². The molecule has 122 valence electrons. The van der Waals surface area contributed by atoms with Crippen molar-refractivity contribution >= 4 is 39.2 Å². The van der Waals surface area contributed by atoms with Gasteiger partial charge in [0, 0.05) is 18.5 Å². The average molecular weight is 355 g/mol. The second-order valence-electron chi connectivity index (χ2n) is 5.76. The van der Waals surface area contributed by atoms with Crippen molar-refractivity contribution in [1.82, 2.24) is 14.9 Å². The minimum atomic E-state index is -0.262. The van der Waals surface area contributed by atoms with Crippen LogP contribution in [0, 0.1) is 0 Å². The number of nitrogens with zero attached hydrogens (tertiary/aromatic N) is 3. The molecule has 0 unspecified atom stereocenters.